The van der Waals surface area contributed by atoms with E-state index >= 15 is 0 Å². The van der Waals surface area contributed by atoms with E-state index in [-0.39, 0.29) is 0 Å². The fourth-order valence-electron chi connectivity index (χ4n) is 3.92. The van der Waals surface area contributed by atoms with Crippen LogP contribution in [0.5, 0.6) is 17.4 Å². The zero-order valence-corrected chi connectivity index (χ0v) is 19.5. The standard InChI is InChI=1S/C24H33N5O3/c1-5-31-22-14-19(2)21(15-23(22)32-17-20-6-7-24(30-4)25-16-20)27-10-13-29(18-27)28-11-8-26(3)9-12-28/h6-7,10,13-16H,5,8-9,11-12,17-18H2,1-4H3. The second kappa shape index (κ2) is 10.1. The highest BCUT2D eigenvalue weighted by molar-refractivity contribution is 5.63. The lowest BCUT2D eigenvalue weighted by atomic mass is 10.1. The number of piperazine rings is 1. The van der Waals surface area contributed by atoms with Crippen LogP contribution in [-0.4, -0.2) is 73.5 Å². The van der Waals surface area contributed by atoms with E-state index in [4.69, 9.17) is 14.2 Å². The maximum Gasteiger partial charge on any atom is 0.212 e. The summed E-state index contributed by atoms with van der Waals surface area (Å²) in [4.78, 5) is 8.88. The molecule has 0 amide bonds. The number of hydrazine groups is 1. The topological polar surface area (TPSA) is 53.5 Å². The van der Waals surface area contributed by atoms with Gasteiger partial charge >= 0.3 is 0 Å². The number of benzene rings is 1. The molecule has 0 bridgehead atoms. The fourth-order valence-corrected chi connectivity index (χ4v) is 3.92. The van der Waals surface area contributed by atoms with E-state index in [1.165, 1.54) is 0 Å². The van der Waals surface area contributed by atoms with Gasteiger partial charge in [-0.25, -0.2) is 9.99 Å². The van der Waals surface area contributed by atoms with Crippen LogP contribution in [0.4, 0.5) is 5.69 Å². The van der Waals surface area contributed by atoms with E-state index < -0.39 is 0 Å². The zero-order valence-electron chi connectivity index (χ0n) is 19.5. The average Bonchev–Trinajstić information content (AvgIpc) is 3.29. The van der Waals surface area contributed by atoms with Crippen molar-refractivity contribution in [3.05, 3.63) is 54.0 Å². The predicted molar refractivity (Wildman–Crippen MR) is 125 cm³/mol. The molecule has 1 aromatic carbocycles. The number of methoxy groups -OCH3 is 1. The van der Waals surface area contributed by atoms with Crippen molar-refractivity contribution in [1.82, 2.24) is 19.9 Å². The predicted octanol–water partition coefficient (Wildman–Crippen LogP) is 3.09. The van der Waals surface area contributed by atoms with Crippen LogP contribution in [0, 0.1) is 6.92 Å². The Morgan fingerprint density at radius 1 is 1.00 bits per heavy atom. The van der Waals surface area contributed by atoms with Gasteiger partial charge in [0.15, 0.2) is 11.5 Å². The molecule has 1 aromatic heterocycles. The number of nitrogens with zero attached hydrogens (tertiary/aromatic N) is 5. The van der Waals surface area contributed by atoms with Crippen LogP contribution >= 0.6 is 0 Å². The fraction of sp³-hybridized carbons (Fsp3) is 0.458. The van der Waals surface area contributed by atoms with Gasteiger partial charge in [0.25, 0.3) is 0 Å². The van der Waals surface area contributed by atoms with Gasteiger partial charge in [0.2, 0.25) is 5.88 Å². The molecular formula is C24H33N5O3. The monoisotopic (exact) mass is 439 g/mol. The summed E-state index contributed by atoms with van der Waals surface area (Å²) < 4.78 is 17.2. The third kappa shape index (κ3) is 5.08. The van der Waals surface area contributed by atoms with Crippen LogP contribution in [0.1, 0.15) is 18.1 Å². The van der Waals surface area contributed by atoms with E-state index in [0.29, 0.717) is 19.1 Å². The van der Waals surface area contributed by atoms with Gasteiger partial charge in [-0.2, -0.15) is 0 Å². The van der Waals surface area contributed by atoms with E-state index in [2.05, 4.69) is 63.3 Å². The lowest BCUT2D eigenvalue weighted by Crippen LogP contribution is -2.51. The molecule has 8 nitrogen and oxygen atoms in total. The smallest absolute Gasteiger partial charge is 0.212 e. The summed E-state index contributed by atoms with van der Waals surface area (Å²) in [6, 6.07) is 7.94. The normalized spacial score (nSPS) is 17.1. The first kappa shape index (κ1) is 22.2. The van der Waals surface area contributed by atoms with Gasteiger partial charge in [-0.3, -0.25) is 5.01 Å². The molecule has 2 aliphatic rings. The minimum atomic E-state index is 0.406. The van der Waals surface area contributed by atoms with Crippen LogP contribution < -0.4 is 19.1 Å². The quantitative estimate of drug-likeness (QED) is 0.622. The maximum atomic E-state index is 6.17. The number of aromatic nitrogens is 1. The minimum absolute atomic E-state index is 0.406. The lowest BCUT2D eigenvalue weighted by Gasteiger charge is -2.38. The Morgan fingerprint density at radius 3 is 2.47 bits per heavy atom. The Balaban J connectivity index is 1.48. The minimum Gasteiger partial charge on any atom is -0.490 e. The van der Waals surface area contributed by atoms with Crippen molar-refractivity contribution in [2.75, 3.05) is 58.5 Å². The van der Waals surface area contributed by atoms with Crippen molar-refractivity contribution in [2.24, 2.45) is 0 Å². The number of pyridine rings is 1. The van der Waals surface area contributed by atoms with Gasteiger partial charge in [-0.15, -0.1) is 0 Å². The summed E-state index contributed by atoms with van der Waals surface area (Å²) in [5.41, 5.74) is 3.23. The van der Waals surface area contributed by atoms with Crippen molar-refractivity contribution in [3.63, 3.8) is 0 Å². The third-order valence-electron chi connectivity index (χ3n) is 5.83. The number of hydrogen-bond donors (Lipinski definition) is 0. The largest absolute Gasteiger partial charge is 0.490 e. The van der Waals surface area contributed by atoms with E-state index in [1.54, 1.807) is 13.3 Å². The molecule has 0 unspecified atom stereocenters. The van der Waals surface area contributed by atoms with E-state index in [9.17, 15) is 0 Å². The Hall–Kier alpha value is -2.97. The van der Waals surface area contributed by atoms with Crippen molar-refractivity contribution < 1.29 is 14.2 Å². The average molecular weight is 440 g/mol. The molecule has 8 heteroatoms. The van der Waals surface area contributed by atoms with Crippen LogP contribution in [0.25, 0.3) is 0 Å². The number of ether oxygens (including phenoxy) is 3. The van der Waals surface area contributed by atoms with Crippen molar-refractivity contribution in [1.29, 1.82) is 0 Å². The first-order valence-corrected chi connectivity index (χ1v) is 11.1. The molecule has 4 rings (SSSR count). The molecule has 0 radical (unpaired) electrons. The Bertz CT molecular complexity index is 926. The molecule has 2 aliphatic heterocycles. The molecule has 172 valence electrons. The first-order valence-electron chi connectivity index (χ1n) is 11.1. The highest BCUT2D eigenvalue weighted by Gasteiger charge is 2.24. The number of likely N-dealkylation sites (N-methyl/N-ethyl adjacent to an activating group) is 1. The molecule has 0 N–H and O–H groups in total. The molecule has 3 heterocycles. The molecule has 1 saturated heterocycles. The molecule has 32 heavy (non-hydrogen) atoms. The highest BCUT2D eigenvalue weighted by atomic mass is 16.5. The van der Waals surface area contributed by atoms with E-state index in [0.717, 1.165) is 61.2 Å². The molecular weight excluding hydrogens is 406 g/mol. The van der Waals surface area contributed by atoms with E-state index in [1.807, 2.05) is 19.1 Å². The maximum absolute atomic E-state index is 6.17. The van der Waals surface area contributed by atoms with Crippen molar-refractivity contribution >= 4 is 5.69 Å². The Morgan fingerprint density at radius 2 is 1.78 bits per heavy atom. The number of anilines is 1. The van der Waals surface area contributed by atoms with Crippen LogP contribution in [0.15, 0.2) is 42.9 Å². The molecule has 0 atom stereocenters. The number of hydrogen-bond acceptors (Lipinski definition) is 8. The van der Waals surface area contributed by atoms with Crippen LogP contribution in [0.2, 0.25) is 0 Å². The summed E-state index contributed by atoms with van der Waals surface area (Å²) in [5.74, 6) is 2.08. The Labute approximate surface area is 190 Å². The SMILES string of the molecule is CCOc1cc(C)c(N2C=CN(N3CCN(C)CC3)C2)cc1OCc1ccc(OC)nc1. The molecule has 2 aromatic rings. The number of rotatable bonds is 8. The third-order valence-corrected chi connectivity index (χ3v) is 5.83. The highest BCUT2D eigenvalue weighted by Crippen LogP contribution is 2.37. The summed E-state index contributed by atoms with van der Waals surface area (Å²) in [7, 11) is 3.79. The van der Waals surface area contributed by atoms with Gasteiger partial charge in [0.05, 0.1) is 13.7 Å². The Kier molecular flexibility index (Phi) is 7.02. The van der Waals surface area contributed by atoms with Gasteiger partial charge in [-0.05, 0) is 38.6 Å². The zero-order chi connectivity index (χ0) is 22.5. The van der Waals surface area contributed by atoms with Crippen LogP contribution in [0.3, 0.4) is 0 Å². The second-order valence-corrected chi connectivity index (χ2v) is 8.12. The van der Waals surface area contributed by atoms with Gasteiger partial charge in [0.1, 0.15) is 13.3 Å². The lowest BCUT2D eigenvalue weighted by molar-refractivity contribution is -0.00808. The molecule has 0 spiro atoms. The second-order valence-electron chi connectivity index (χ2n) is 8.12. The number of aryl methyl sites for hydroxylation is 1. The molecule has 0 saturated carbocycles. The van der Waals surface area contributed by atoms with Crippen LogP contribution in [-0.2, 0) is 6.61 Å². The van der Waals surface area contributed by atoms with Crippen molar-refractivity contribution in [3.8, 4) is 17.4 Å². The van der Waals surface area contributed by atoms with Crippen molar-refractivity contribution in [2.45, 2.75) is 20.5 Å². The summed E-state index contributed by atoms with van der Waals surface area (Å²) in [5, 5.41) is 4.71. The van der Waals surface area contributed by atoms with Gasteiger partial charge < -0.3 is 24.0 Å². The van der Waals surface area contributed by atoms with Gasteiger partial charge in [0, 0.05) is 68.2 Å². The summed E-state index contributed by atoms with van der Waals surface area (Å²) >= 11 is 0. The van der Waals surface area contributed by atoms with Gasteiger partial charge in [-0.1, -0.05) is 0 Å². The summed E-state index contributed by atoms with van der Waals surface area (Å²) in [6.07, 6.45) is 6.06. The summed E-state index contributed by atoms with van der Waals surface area (Å²) in [6.45, 7) is 10.1. The molecule has 1 fully saturated rings. The first-order chi connectivity index (χ1) is 15.6. The molecule has 0 aliphatic carbocycles.